The second kappa shape index (κ2) is 11.6. The monoisotopic (exact) mass is 589 g/mol. The first-order chi connectivity index (χ1) is 19.5. The Hall–Kier alpha value is -4.48. The lowest BCUT2D eigenvalue weighted by Crippen LogP contribution is -2.17. The highest BCUT2D eigenvalue weighted by Crippen LogP contribution is 2.28. The van der Waals surface area contributed by atoms with Crippen LogP contribution in [0.4, 0.5) is 29.1 Å². The van der Waals surface area contributed by atoms with Crippen molar-refractivity contribution in [3.05, 3.63) is 95.1 Å². The molecule has 0 fully saturated rings. The first-order valence-electron chi connectivity index (χ1n) is 12.7. The number of rotatable bonds is 9. The van der Waals surface area contributed by atoms with Crippen molar-refractivity contribution in [3.8, 4) is 0 Å². The van der Waals surface area contributed by atoms with Gasteiger partial charge in [-0.3, -0.25) is 10.1 Å². The number of carbonyl (C=O) groups is 1. The predicted molar refractivity (Wildman–Crippen MR) is 163 cm³/mol. The van der Waals surface area contributed by atoms with Gasteiger partial charge < -0.3 is 14.8 Å². The number of aryl methyl sites for hydroxylation is 1. The van der Waals surface area contributed by atoms with Crippen LogP contribution in [0.5, 0.6) is 0 Å². The van der Waals surface area contributed by atoms with Crippen LogP contribution in [0.25, 0.3) is 11.0 Å². The lowest BCUT2D eigenvalue weighted by Gasteiger charge is -2.19. The van der Waals surface area contributed by atoms with Crippen LogP contribution in [0.2, 0.25) is 5.02 Å². The van der Waals surface area contributed by atoms with Crippen molar-refractivity contribution in [3.63, 3.8) is 0 Å². The number of carbonyl (C=O) groups excluding carboxylic acids is 1. The smallest absolute Gasteiger partial charge is 0.231 e. The Morgan fingerprint density at radius 3 is 2.51 bits per heavy atom. The van der Waals surface area contributed by atoms with Gasteiger partial charge in [0, 0.05) is 42.9 Å². The molecule has 0 radical (unpaired) electrons. The maximum atomic E-state index is 12.7. The normalized spacial score (nSPS) is 11.4. The molecule has 2 heterocycles. The van der Waals surface area contributed by atoms with Crippen LogP contribution >= 0.6 is 11.6 Å². The first-order valence-corrected chi connectivity index (χ1v) is 15.1. The highest BCUT2D eigenvalue weighted by molar-refractivity contribution is 7.89. The van der Waals surface area contributed by atoms with Gasteiger partial charge in [0.1, 0.15) is 5.82 Å². The number of hydrogen-bond acceptors (Lipinski definition) is 8. The van der Waals surface area contributed by atoms with E-state index < -0.39 is 9.84 Å². The van der Waals surface area contributed by atoms with Crippen molar-refractivity contribution in [1.82, 2.24) is 19.5 Å². The van der Waals surface area contributed by atoms with Crippen molar-refractivity contribution in [2.75, 3.05) is 28.8 Å². The highest BCUT2D eigenvalue weighted by atomic mass is 35.5. The van der Waals surface area contributed by atoms with Gasteiger partial charge in [0.25, 0.3) is 0 Å². The molecular weight excluding hydrogens is 562 g/mol. The summed E-state index contributed by atoms with van der Waals surface area (Å²) in [5.41, 5.74) is 4.70. The number of nitrogens with one attached hydrogen (secondary N) is 2. The van der Waals surface area contributed by atoms with E-state index in [4.69, 9.17) is 11.6 Å². The predicted octanol–water partition coefficient (Wildman–Crippen LogP) is 5.25. The van der Waals surface area contributed by atoms with Gasteiger partial charge in [0.2, 0.25) is 17.8 Å². The van der Waals surface area contributed by atoms with E-state index in [1.54, 1.807) is 48.7 Å². The van der Waals surface area contributed by atoms with E-state index >= 15 is 0 Å². The topological polar surface area (TPSA) is 122 Å². The average Bonchev–Trinajstić information content (AvgIpc) is 3.22. The zero-order valence-corrected chi connectivity index (χ0v) is 24.2. The van der Waals surface area contributed by atoms with E-state index in [1.165, 1.54) is 6.26 Å². The van der Waals surface area contributed by atoms with Crippen molar-refractivity contribution >= 4 is 67.5 Å². The molecule has 2 aromatic heterocycles. The summed E-state index contributed by atoms with van der Waals surface area (Å²) < 4.78 is 24.9. The largest absolute Gasteiger partial charge is 0.329 e. The molecule has 5 rings (SSSR count). The molecule has 0 aliphatic rings. The quantitative estimate of drug-likeness (QED) is 0.239. The zero-order valence-electron chi connectivity index (χ0n) is 22.7. The highest BCUT2D eigenvalue weighted by Gasteiger charge is 2.15. The molecule has 0 bridgehead atoms. The third-order valence-electron chi connectivity index (χ3n) is 6.38. The Bertz CT molecular complexity index is 1840. The summed E-state index contributed by atoms with van der Waals surface area (Å²) in [6.07, 6.45) is 3.06. The summed E-state index contributed by atoms with van der Waals surface area (Å²) in [7, 11) is 0.641. The van der Waals surface area contributed by atoms with Crippen LogP contribution in [0.3, 0.4) is 0 Å². The molecule has 0 unspecified atom stereocenters. The zero-order chi connectivity index (χ0) is 29.1. The fourth-order valence-electron chi connectivity index (χ4n) is 4.35. The van der Waals surface area contributed by atoms with Gasteiger partial charge in [-0.1, -0.05) is 35.9 Å². The molecule has 12 heteroatoms. The number of anilines is 5. The molecule has 5 aromatic rings. The molecular formula is C29H28ClN7O3S. The van der Waals surface area contributed by atoms with Crippen LogP contribution in [-0.4, -0.2) is 47.1 Å². The van der Waals surface area contributed by atoms with Crippen LogP contribution in [0.15, 0.2) is 79.0 Å². The Morgan fingerprint density at radius 2 is 1.78 bits per heavy atom. The molecule has 0 aliphatic heterocycles. The van der Waals surface area contributed by atoms with Crippen molar-refractivity contribution < 1.29 is 13.2 Å². The third kappa shape index (κ3) is 7.00. The van der Waals surface area contributed by atoms with E-state index in [2.05, 4.69) is 25.6 Å². The second-order valence-corrected chi connectivity index (χ2v) is 12.3. The first kappa shape index (κ1) is 28.1. The summed E-state index contributed by atoms with van der Waals surface area (Å²) >= 11 is 6.04. The average molecular weight is 590 g/mol. The number of amides is 1. The van der Waals surface area contributed by atoms with E-state index in [9.17, 15) is 13.2 Å². The molecule has 1 amide bonds. The van der Waals surface area contributed by atoms with Gasteiger partial charge in [-0.2, -0.15) is 4.98 Å². The maximum absolute atomic E-state index is 12.7. The van der Waals surface area contributed by atoms with E-state index in [0.717, 1.165) is 28.0 Å². The molecule has 0 atom stereocenters. The maximum Gasteiger partial charge on any atom is 0.231 e. The van der Waals surface area contributed by atoms with Crippen LogP contribution in [0, 0.1) is 0 Å². The van der Waals surface area contributed by atoms with Crippen molar-refractivity contribution in [2.45, 2.75) is 12.2 Å². The minimum Gasteiger partial charge on any atom is -0.329 e. The minimum absolute atomic E-state index is 0.0124. The van der Waals surface area contributed by atoms with Gasteiger partial charge in [-0.25, -0.2) is 18.4 Å². The molecule has 210 valence electrons. The molecule has 2 N–H and O–H groups in total. The summed E-state index contributed by atoms with van der Waals surface area (Å²) in [6.45, 7) is 0. The number of sulfone groups is 1. The van der Waals surface area contributed by atoms with Gasteiger partial charge in [0.15, 0.2) is 9.84 Å². The lowest BCUT2D eigenvalue weighted by atomic mass is 10.1. The van der Waals surface area contributed by atoms with E-state index in [0.29, 0.717) is 28.3 Å². The fraction of sp³-hybridized carbons (Fsp3) is 0.172. The number of halogens is 1. The Labute approximate surface area is 243 Å². The summed E-state index contributed by atoms with van der Waals surface area (Å²) in [5, 5.41) is 6.63. The Balaban J connectivity index is 1.30. The lowest BCUT2D eigenvalue weighted by molar-refractivity contribution is -0.115. The number of nitrogens with zero attached hydrogens (tertiary/aromatic N) is 5. The number of fused-ring (bicyclic) bond motifs is 1. The third-order valence-corrected chi connectivity index (χ3v) is 7.47. The van der Waals surface area contributed by atoms with Crippen molar-refractivity contribution in [1.29, 1.82) is 0 Å². The standard InChI is InChI=1S/C29H28ClN7O3S/c1-36(26-13-14-31-28(34-26)32-22-9-7-19(8-10-22)18-41(3,39)40)23-11-12-25-24(17-23)33-29(37(25)2)35-27(38)16-20-5-4-6-21(30)15-20/h4-15,17H,16,18H2,1-3H3,(H,31,32,34)(H,33,35,38). The number of benzene rings is 3. The van der Waals surface area contributed by atoms with E-state index in [-0.39, 0.29) is 18.1 Å². The Morgan fingerprint density at radius 1 is 1.00 bits per heavy atom. The SMILES string of the molecule is CN(c1ccc2c(c1)nc(NC(=O)Cc1cccc(Cl)c1)n2C)c1ccnc(Nc2ccc(CS(C)(=O)=O)cc2)n1. The minimum atomic E-state index is -3.10. The number of imidazole rings is 1. The molecule has 10 nitrogen and oxygen atoms in total. The summed E-state index contributed by atoms with van der Waals surface area (Å²) in [4.78, 5) is 28.2. The second-order valence-electron chi connectivity index (χ2n) is 9.71. The number of hydrogen-bond donors (Lipinski definition) is 2. The molecule has 41 heavy (non-hydrogen) atoms. The van der Waals surface area contributed by atoms with Crippen LogP contribution < -0.4 is 15.5 Å². The Kier molecular flexibility index (Phi) is 7.91. The van der Waals surface area contributed by atoms with Gasteiger partial charge in [-0.15, -0.1) is 0 Å². The van der Waals surface area contributed by atoms with Crippen molar-refractivity contribution in [2.24, 2.45) is 7.05 Å². The summed E-state index contributed by atoms with van der Waals surface area (Å²) in [5.74, 6) is 1.30. The van der Waals surface area contributed by atoms with Gasteiger partial charge >= 0.3 is 0 Å². The van der Waals surface area contributed by atoms with Gasteiger partial charge in [0.05, 0.1) is 23.2 Å². The molecule has 3 aromatic carbocycles. The summed E-state index contributed by atoms with van der Waals surface area (Å²) in [6, 6.07) is 21.9. The van der Waals surface area contributed by atoms with Crippen LogP contribution in [-0.2, 0) is 33.9 Å². The molecule has 0 aliphatic carbocycles. The van der Waals surface area contributed by atoms with Crippen LogP contribution in [0.1, 0.15) is 11.1 Å². The van der Waals surface area contributed by atoms with E-state index in [1.807, 2.05) is 53.9 Å². The molecule has 0 spiro atoms. The molecule has 0 saturated carbocycles. The number of aromatic nitrogens is 4. The van der Waals surface area contributed by atoms with Gasteiger partial charge in [-0.05, 0) is 59.7 Å². The molecule has 0 saturated heterocycles. The fourth-order valence-corrected chi connectivity index (χ4v) is 5.37.